The van der Waals surface area contributed by atoms with Crippen LogP contribution < -0.4 is 18.9 Å². The monoisotopic (exact) mass is 676 g/mol. The van der Waals surface area contributed by atoms with Gasteiger partial charge in [0, 0.05) is 45.7 Å². The third-order valence-corrected chi connectivity index (χ3v) is 10.5. The molecule has 2 aliphatic heterocycles. The van der Waals surface area contributed by atoms with E-state index in [-0.39, 0.29) is 36.6 Å². The fraction of sp³-hybridized carbons (Fsp3) is 0.317. The predicted octanol–water partition coefficient (Wildman–Crippen LogP) is 7.33. The maximum absolute atomic E-state index is 12.1. The van der Waals surface area contributed by atoms with E-state index in [1.165, 1.54) is 0 Å². The minimum Gasteiger partial charge on any atom is -0.508 e. The first-order valence-electron chi connectivity index (χ1n) is 17.2. The second-order valence-electron chi connectivity index (χ2n) is 13.7. The van der Waals surface area contributed by atoms with Gasteiger partial charge in [0.25, 0.3) is 0 Å². The highest BCUT2D eigenvalue weighted by molar-refractivity contribution is 5.95. The molecular formula is C41H40O9. The van der Waals surface area contributed by atoms with Gasteiger partial charge in [0.15, 0.2) is 0 Å². The summed E-state index contributed by atoms with van der Waals surface area (Å²) >= 11 is 0. The fourth-order valence-corrected chi connectivity index (χ4v) is 8.01. The average Bonchev–Trinajstić information content (AvgIpc) is 3.62. The number of hydrogen-bond donors (Lipinski definition) is 5. The van der Waals surface area contributed by atoms with Crippen molar-refractivity contribution in [3.05, 3.63) is 101 Å². The van der Waals surface area contributed by atoms with E-state index in [0.29, 0.717) is 45.9 Å². The van der Waals surface area contributed by atoms with Crippen molar-refractivity contribution in [3.63, 3.8) is 0 Å². The number of aromatic hydroxyl groups is 3. The molecule has 2 heterocycles. The molecule has 0 unspecified atom stereocenters. The van der Waals surface area contributed by atoms with Gasteiger partial charge in [0.2, 0.25) is 0 Å². The van der Waals surface area contributed by atoms with Crippen LogP contribution in [0.5, 0.6) is 40.2 Å². The zero-order valence-corrected chi connectivity index (χ0v) is 27.7. The Labute approximate surface area is 289 Å². The lowest BCUT2D eigenvalue weighted by Crippen LogP contribution is -2.40. The van der Waals surface area contributed by atoms with Crippen LogP contribution in [0.25, 0.3) is 21.9 Å². The predicted molar refractivity (Wildman–Crippen MR) is 187 cm³/mol. The van der Waals surface area contributed by atoms with Gasteiger partial charge in [-0.15, -0.1) is 0 Å². The van der Waals surface area contributed by atoms with Gasteiger partial charge < -0.3 is 44.5 Å². The summed E-state index contributed by atoms with van der Waals surface area (Å²) < 4.78 is 24.9. The summed E-state index contributed by atoms with van der Waals surface area (Å²) in [5.74, 6) is 1.56. The van der Waals surface area contributed by atoms with Crippen LogP contribution in [0.4, 0.5) is 0 Å². The second kappa shape index (κ2) is 13.0. The molecule has 5 aromatic rings. The molecule has 5 N–H and O–H groups in total. The Hall–Kier alpha value is -5.12. The lowest BCUT2D eigenvalue weighted by molar-refractivity contribution is -0.0550. The number of rotatable bonds is 7. The van der Waals surface area contributed by atoms with Crippen molar-refractivity contribution in [1.29, 1.82) is 0 Å². The Morgan fingerprint density at radius 2 is 1.36 bits per heavy atom. The van der Waals surface area contributed by atoms with E-state index >= 15 is 0 Å². The number of methoxy groups -OCH3 is 1. The SMILES string of the molecule is COc1cc2c(c3ccc(O)cc13)OC[C@@H]([C@@H]1COc3c(Cc4cc(O)ccc4-c4cccc(O)c4)cc(OC4CCCC4)cc3[C@H]1O)[C@H]2O. The molecule has 0 aromatic heterocycles. The molecule has 1 aliphatic carbocycles. The van der Waals surface area contributed by atoms with Gasteiger partial charge >= 0.3 is 0 Å². The fourth-order valence-electron chi connectivity index (χ4n) is 8.01. The Balaban J connectivity index is 1.16. The van der Waals surface area contributed by atoms with Crippen molar-refractivity contribution < 1.29 is 44.5 Å². The number of aliphatic hydroxyl groups excluding tert-OH is 2. The number of benzene rings is 5. The van der Waals surface area contributed by atoms with Gasteiger partial charge in [0.1, 0.15) is 40.2 Å². The van der Waals surface area contributed by atoms with Crippen LogP contribution in [-0.4, -0.2) is 52.0 Å². The zero-order chi connectivity index (χ0) is 34.5. The van der Waals surface area contributed by atoms with E-state index < -0.39 is 24.0 Å². The quantitative estimate of drug-likeness (QED) is 0.120. The van der Waals surface area contributed by atoms with Crippen LogP contribution in [0.1, 0.15) is 60.1 Å². The number of fused-ring (bicyclic) bond motifs is 4. The van der Waals surface area contributed by atoms with Gasteiger partial charge in [-0.1, -0.05) is 18.2 Å². The minimum atomic E-state index is -0.997. The lowest BCUT2D eigenvalue weighted by Gasteiger charge is -2.41. The summed E-state index contributed by atoms with van der Waals surface area (Å²) in [6.07, 6.45) is 2.61. The van der Waals surface area contributed by atoms with E-state index in [1.807, 2.05) is 24.3 Å². The summed E-state index contributed by atoms with van der Waals surface area (Å²) in [6, 6.07) is 22.7. The Kier molecular flexibility index (Phi) is 8.33. The normalized spacial score (nSPS) is 21.6. The topological polar surface area (TPSA) is 138 Å². The van der Waals surface area contributed by atoms with E-state index in [9.17, 15) is 25.5 Å². The maximum Gasteiger partial charge on any atom is 0.133 e. The summed E-state index contributed by atoms with van der Waals surface area (Å²) in [5.41, 5.74) is 4.40. The number of phenolic OH excluding ortho intramolecular Hbond substituents is 3. The molecule has 0 radical (unpaired) electrons. The molecule has 0 bridgehead atoms. The lowest BCUT2D eigenvalue weighted by atomic mass is 9.76. The summed E-state index contributed by atoms with van der Waals surface area (Å²) in [4.78, 5) is 0. The Morgan fingerprint density at radius 1 is 0.680 bits per heavy atom. The number of ether oxygens (including phenoxy) is 4. The molecule has 1 fully saturated rings. The van der Waals surface area contributed by atoms with E-state index in [2.05, 4.69) is 0 Å². The summed E-state index contributed by atoms with van der Waals surface area (Å²) in [7, 11) is 1.54. The van der Waals surface area contributed by atoms with Crippen LogP contribution in [0.2, 0.25) is 0 Å². The molecule has 5 aromatic carbocycles. The molecule has 9 nitrogen and oxygen atoms in total. The van der Waals surface area contributed by atoms with Crippen molar-refractivity contribution in [2.75, 3.05) is 20.3 Å². The molecular weight excluding hydrogens is 636 g/mol. The number of aliphatic hydroxyl groups is 2. The maximum atomic E-state index is 12.1. The number of phenols is 3. The van der Waals surface area contributed by atoms with Crippen molar-refractivity contribution >= 4 is 10.8 Å². The first-order chi connectivity index (χ1) is 24.3. The molecule has 9 heteroatoms. The minimum absolute atomic E-state index is 0.0822. The third kappa shape index (κ3) is 5.80. The first-order valence-corrected chi connectivity index (χ1v) is 17.2. The largest absolute Gasteiger partial charge is 0.508 e. The Morgan fingerprint density at radius 3 is 2.10 bits per heavy atom. The third-order valence-electron chi connectivity index (χ3n) is 10.5. The van der Waals surface area contributed by atoms with Crippen molar-refractivity contribution in [1.82, 2.24) is 0 Å². The summed E-state index contributed by atoms with van der Waals surface area (Å²) in [6.45, 7) is 0.293. The first kappa shape index (κ1) is 32.1. The molecule has 4 atom stereocenters. The van der Waals surface area contributed by atoms with Crippen LogP contribution in [0.15, 0.2) is 78.9 Å². The summed E-state index contributed by atoms with van der Waals surface area (Å²) in [5, 5.41) is 56.1. The van der Waals surface area contributed by atoms with Gasteiger partial charge in [-0.25, -0.2) is 0 Å². The van der Waals surface area contributed by atoms with Crippen LogP contribution >= 0.6 is 0 Å². The van der Waals surface area contributed by atoms with Crippen molar-refractivity contribution in [2.45, 2.75) is 50.4 Å². The van der Waals surface area contributed by atoms with E-state index in [0.717, 1.165) is 53.3 Å². The average molecular weight is 677 g/mol. The molecule has 0 spiro atoms. The van der Waals surface area contributed by atoms with Crippen LogP contribution in [-0.2, 0) is 6.42 Å². The molecule has 1 saturated carbocycles. The molecule has 8 rings (SSSR count). The van der Waals surface area contributed by atoms with Gasteiger partial charge in [-0.2, -0.15) is 0 Å². The standard InChI is InChI=1S/C41H40O9/c1-47-37-19-34-39(46)36(21-49-41(34)31-12-10-27(44)17-32(31)37)35-20-48-40-24(16-29(18-33(40)38(35)45)50-28-7-2-3-8-28)13-23-15-26(43)9-11-30(23)22-5-4-6-25(42)14-22/h4-6,9-12,14-19,28,35-36,38-39,42-46H,2-3,7-8,13,20-21H2,1H3/t35-,36-,38+,39-/m0/s1. The highest BCUT2D eigenvalue weighted by Gasteiger charge is 2.44. The highest BCUT2D eigenvalue weighted by Crippen LogP contribution is 2.51. The van der Waals surface area contributed by atoms with Gasteiger partial charge in [0.05, 0.1) is 38.6 Å². The molecule has 0 amide bonds. The van der Waals surface area contributed by atoms with Crippen molar-refractivity contribution in [3.8, 4) is 51.4 Å². The van der Waals surface area contributed by atoms with Crippen molar-refractivity contribution in [2.24, 2.45) is 11.8 Å². The Bertz CT molecular complexity index is 2070. The smallest absolute Gasteiger partial charge is 0.133 e. The molecule has 50 heavy (non-hydrogen) atoms. The van der Waals surface area contributed by atoms with Gasteiger partial charge in [-0.3, -0.25) is 0 Å². The van der Waals surface area contributed by atoms with E-state index in [4.69, 9.17) is 18.9 Å². The second-order valence-corrected chi connectivity index (χ2v) is 13.7. The van der Waals surface area contributed by atoms with Gasteiger partial charge in [-0.05, 0) is 103 Å². The van der Waals surface area contributed by atoms with Crippen LogP contribution in [0, 0.1) is 11.8 Å². The number of hydrogen-bond acceptors (Lipinski definition) is 9. The molecule has 0 saturated heterocycles. The van der Waals surface area contributed by atoms with Crippen LogP contribution in [0.3, 0.4) is 0 Å². The highest BCUT2D eigenvalue weighted by atomic mass is 16.5. The van der Waals surface area contributed by atoms with E-state index in [1.54, 1.807) is 61.7 Å². The molecule has 3 aliphatic rings. The zero-order valence-electron chi connectivity index (χ0n) is 27.7. The molecule has 258 valence electrons.